The molecule has 0 saturated heterocycles. The molecule has 5 heteroatoms. The van der Waals surface area contributed by atoms with Crippen LogP contribution in [0.1, 0.15) is 43.0 Å². The van der Waals surface area contributed by atoms with E-state index in [-0.39, 0.29) is 5.91 Å². The second-order valence-electron chi connectivity index (χ2n) is 5.71. The van der Waals surface area contributed by atoms with Crippen LogP contribution < -0.4 is 5.32 Å². The Morgan fingerprint density at radius 1 is 1.50 bits per heavy atom. The minimum absolute atomic E-state index is 0.194. The van der Waals surface area contributed by atoms with Crippen molar-refractivity contribution in [3.05, 3.63) is 33.3 Å². The molecule has 0 heterocycles. The van der Waals surface area contributed by atoms with Crippen LogP contribution in [0.3, 0.4) is 0 Å². The first-order chi connectivity index (χ1) is 9.39. The van der Waals surface area contributed by atoms with Crippen LogP contribution in [-0.2, 0) is 0 Å². The molecule has 0 aromatic heterocycles. The predicted molar refractivity (Wildman–Crippen MR) is 84.1 cm³/mol. The Hall–Kier alpha value is -0.580. The van der Waals surface area contributed by atoms with E-state index in [0.717, 1.165) is 25.7 Å². The fraction of sp³-hybridized carbons (Fsp3) is 0.533. The lowest BCUT2D eigenvalue weighted by Crippen LogP contribution is -2.45. The summed E-state index contributed by atoms with van der Waals surface area (Å²) in [7, 11) is 0. The van der Waals surface area contributed by atoms with Gasteiger partial charge in [0.1, 0.15) is 0 Å². The number of halogens is 2. The van der Waals surface area contributed by atoms with Gasteiger partial charge in [-0.3, -0.25) is 4.79 Å². The fourth-order valence-corrected chi connectivity index (χ4v) is 3.35. The minimum Gasteiger partial charge on any atom is -0.388 e. The molecule has 0 spiro atoms. The summed E-state index contributed by atoms with van der Waals surface area (Å²) in [4.78, 5) is 12.1. The third-order valence-electron chi connectivity index (χ3n) is 3.96. The summed E-state index contributed by atoms with van der Waals surface area (Å²) in [5.41, 5.74) is -0.233. The van der Waals surface area contributed by atoms with Gasteiger partial charge in [-0.15, -0.1) is 0 Å². The summed E-state index contributed by atoms with van der Waals surface area (Å²) < 4.78 is 0.659. The van der Waals surface area contributed by atoms with Gasteiger partial charge in [-0.2, -0.15) is 0 Å². The van der Waals surface area contributed by atoms with E-state index in [4.69, 9.17) is 11.6 Å². The second-order valence-corrected chi connectivity index (χ2v) is 7.00. The average molecular weight is 361 g/mol. The quantitative estimate of drug-likeness (QED) is 0.862. The standard InChI is InChI=1S/C15H19BrClNO2/c1-10-4-6-15(20,7-5-10)9-18-14(19)12-3-2-11(17)8-13(12)16/h2-3,8,10,20H,4-7,9H2,1H3,(H,18,19). The predicted octanol–water partition coefficient (Wildman–Crippen LogP) is 3.77. The molecular formula is C15H19BrClNO2. The molecule has 1 aliphatic rings. The molecule has 0 radical (unpaired) electrons. The lowest BCUT2D eigenvalue weighted by atomic mass is 9.79. The van der Waals surface area contributed by atoms with Crippen molar-refractivity contribution >= 4 is 33.4 Å². The summed E-state index contributed by atoms with van der Waals surface area (Å²) in [5.74, 6) is 0.469. The molecule has 2 N–H and O–H groups in total. The zero-order valence-electron chi connectivity index (χ0n) is 11.5. The molecule has 0 atom stereocenters. The van der Waals surface area contributed by atoms with Gasteiger partial charge < -0.3 is 10.4 Å². The van der Waals surface area contributed by atoms with E-state index in [1.807, 2.05) is 0 Å². The zero-order valence-corrected chi connectivity index (χ0v) is 13.8. The highest BCUT2D eigenvalue weighted by molar-refractivity contribution is 9.10. The van der Waals surface area contributed by atoms with E-state index in [2.05, 4.69) is 28.2 Å². The first-order valence-corrected chi connectivity index (χ1v) is 8.02. The Morgan fingerprint density at radius 2 is 2.15 bits per heavy atom. The first kappa shape index (κ1) is 15.8. The Bertz CT molecular complexity index is 499. The molecule has 110 valence electrons. The van der Waals surface area contributed by atoms with Crippen LogP contribution >= 0.6 is 27.5 Å². The normalized spacial score (nSPS) is 26.3. The SMILES string of the molecule is CC1CCC(O)(CNC(=O)c2ccc(Cl)cc2Br)CC1. The van der Waals surface area contributed by atoms with E-state index in [0.29, 0.717) is 27.5 Å². The first-order valence-electron chi connectivity index (χ1n) is 6.85. The number of hydrogen-bond acceptors (Lipinski definition) is 2. The highest BCUT2D eigenvalue weighted by atomic mass is 79.9. The van der Waals surface area contributed by atoms with E-state index in [9.17, 15) is 9.90 Å². The minimum atomic E-state index is -0.763. The van der Waals surface area contributed by atoms with Gasteiger partial charge in [-0.05, 0) is 65.7 Å². The van der Waals surface area contributed by atoms with Crippen molar-refractivity contribution in [2.75, 3.05) is 6.54 Å². The number of aliphatic hydroxyl groups is 1. The zero-order chi connectivity index (χ0) is 14.8. The number of hydrogen-bond donors (Lipinski definition) is 2. The van der Waals surface area contributed by atoms with Crippen LogP contribution in [0, 0.1) is 5.92 Å². The molecule has 1 aliphatic carbocycles. The summed E-state index contributed by atoms with van der Waals surface area (Å²) >= 11 is 9.18. The highest BCUT2D eigenvalue weighted by Crippen LogP contribution is 2.31. The smallest absolute Gasteiger partial charge is 0.252 e. The molecule has 1 saturated carbocycles. The summed E-state index contributed by atoms with van der Waals surface area (Å²) in [6, 6.07) is 5.04. The molecule has 1 amide bonds. The molecule has 1 aromatic rings. The van der Waals surface area contributed by atoms with Crippen molar-refractivity contribution in [2.24, 2.45) is 5.92 Å². The largest absolute Gasteiger partial charge is 0.388 e. The molecule has 1 fully saturated rings. The molecule has 20 heavy (non-hydrogen) atoms. The van der Waals surface area contributed by atoms with Crippen molar-refractivity contribution < 1.29 is 9.90 Å². The Kier molecular flexibility index (Phi) is 5.10. The van der Waals surface area contributed by atoms with Crippen LogP contribution in [0.2, 0.25) is 5.02 Å². The van der Waals surface area contributed by atoms with E-state index >= 15 is 0 Å². The number of carbonyl (C=O) groups excluding carboxylic acids is 1. The van der Waals surface area contributed by atoms with Gasteiger partial charge in [0, 0.05) is 16.0 Å². The second kappa shape index (κ2) is 6.46. The number of rotatable bonds is 3. The third-order valence-corrected chi connectivity index (χ3v) is 4.85. The molecule has 0 bridgehead atoms. The molecular weight excluding hydrogens is 342 g/mol. The van der Waals surface area contributed by atoms with Crippen LogP contribution in [0.5, 0.6) is 0 Å². The number of amides is 1. The van der Waals surface area contributed by atoms with Crippen molar-refractivity contribution in [1.82, 2.24) is 5.32 Å². The van der Waals surface area contributed by atoms with Gasteiger partial charge in [0.2, 0.25) is 0 Å². The number of nitrogens with one attached hydrogen (secondary N) is 1. The molecule has 3 nitrogen and oxygen atoms in total. The summed E-state index contributed by atoms with van der Waals surface area (Å²) in [6.45, 7) is 2.50. The molecule has 0 unspecified atom stereocenters. The third kappa shape index (κ3) is 3.96. The van der Waals surface area contributed by atoms with Gasteiger partial charge in [0.05, 0.1) is 11.2 Å². The lowest BCUT2D eigenvalue weighted by Gasteiger charge is -2.35. The summed E-state index contributed by atoms with van der Waals surface area (Å²) in [5, 5.41) is 13.9. The fourth-order valence-electron chi connectivity index (χ4n) is 2.49. The van der Waals surface area contributed by atoms with Gasteiger partial charge in [0.25, 0.3) is 5.91 Å². The van der Waals surface area contributed by atoms with Crippen molar-refractivity contribution in [3.8, 4) is 0 Å². The maximum atomic E-state index is 12.1. The molecule has 2 rings (SSSR count). The van der Waals surface area contributed by atoms with Crippen molar-refractivity contribution in [2.45, 2.75) is 38.2 Å². The monoisotopic (exact) mass is 359 g/mol. The van der Waals surface area contributed by atoms with E-state index in [1.165, 1.54) is 0 Å². The Balaban J connectivity index is 1.95. The van der Waals surface area contributed by atoms with Gasteiger partial charge in [-0.25, -0.2) is 0 Å². The Morgan fingerprint density at radius 3 is 2.75 bits per heavy atom. The maximum absolute atomic E-state index is 12.1. The number of benzene rings is 1. The highest BCUT2D eigenvalue weighted by Gasteiger charge is 2.32. The topological polar surface area (TPSA) is 49.3 Å². The van der Waals surface area contributed by atoms with E-state index < -0.39 is 5.60 Å². The van der Waals surface area contributed by atoms with Gasteiger partial charge in [-0.1, -0.05) is 18.5 Å². The van der Waals surface area contributed by atoms with Crippen LogP contribution in [0.25, 0.3) is 0 Å². The lowest BCUT2D eigenvalue weighted by molar-refractivity contribution is -0.00540. The van der Waals surface area contributed by atoms with Gasteiger partial charge >= 0.3 is 0 Å². The molecule has 1 aromatic carbocycles. The maximum Gasteiger partial charge on any atom is 0.252 e. The van der Waals surface area contributed by atoms with Gasteiger partial charge in [0.15, 0.2) is 0 Å². The Labute approximate surface area is 132 Å². The average Bonchev–Trinajstić information content (AvgIpc) is 2.40. The number of carbonyl (C=O) groups is 1. The summed E-state index contributed by atoms with van der Waals surface area (Å²) in [6.07, 6.45) is 3.51. The van der Waals surface area contributed by atoms with Crippen molar-refractivity contribution in [1.29, 1.82) is 0 Å². The van der Waals surface area contributed by atoms with Crippen LogP contribution in [0.15, 0.2) is 22.7 Å². The molecule has 0 aliphatic heterocycles. The van der Waals surface area contributed by atoms with Crippen molar-refractivity contribution in [3.63, 3.8) is 0 Å². The van der Waals surface area contributed by atoms with Crippen LogP contribution in [0.4, 0.5) is 0 Å². The van der Waals surface area contributed by atoms with Crippen LogP contribution in [-0.4, -0.2) is 23.2 Å². The van der Waals surface area contributed by atoms with E-state index in [1.54, 1.807) is 18.2 Å².